The Bertz CT molecular complexity index is 3000. The molecule has 5 heterocycles. The Hall–Kier alpha value is -6.92. The summed E-state index contributed by atoms with van der Waals surface area (Å²) in [4.78, 5) is 11.1. The minimum atomic E-state index is 0.796. The van der Waals surface area contributed by atoms with Gasteiger partial charge in [0, 0.05) is 33.4 Å². The van der Waals surface area contributed by atoms with Gasteiger partial charge in [-0.05, 0) is 54.6 Å². The summed E-state index contributed by atoms with van der Waals surface area (Å²) in [6, 6.07) is 49.0. The highest BCUT2D eigenvalue weighted by atomic mass is 15.2. The number of hydrogen-bond donors (Lipinski definition) is 0. The lowest BCUT2D eigenvalue weighted by Gasteiger charge is -2.14. The van der Waals surface area contributed by atoms with Gasteiger partial charge in [-0.2, -0.15) is 0 Å². The molecule has 0 aliphatic carbocycles. The molecule has 0 unspecified atom stereocenters. The van der Waals surface area contributed by atoms with Crippen LogP contribution >= 0.6 is 0 Å². The Morgan fingerprint density at radius 2 is 1.00 bits per heavy atom. The second-order valence-corrected chi connectivity index (χ2v) is 12.4. The predicted molar refractivity (Wildman–Crippen MR) is 208 cm³/mol. The lowest BCUT2D eigenvalue weighted by Crippen LogP contribution is -2.06. The fourth-order valence-electron chi connectivity index (χ4n) is 7.44. The van der Waals surface area contributed by atoms with E-state index in [4.69, 9.17) is 9.97 Å². The molecule has 5 aromatic heterocycles. The van der Waals surface area contributed by atoms with E-state index in [1.165, 1.54) is 0 Å². The van der Waals surface area contributed by atoms with E-state index < -0.39 is 0 Å². The van der Waals surface area contributed by atoms with Gasteiger partial charge in [-0.3, -0.25) is 13.7 Å². The predicted octanol–water partition coefficient (Wildman–Crippen LogP) is 10.8. The Balaban J connectivity index is 1.35. The van der Waals surface area contributed by atoms with E-state index in [1.807, 2.05) is 18.2 Å². The van der Waals surface area contributed by atoms with Gasteiger partial charge in [0.1, 0.15) is 22.7 Å². The molecule has 50 heavy (non-hydrogen) atoms. The number of para-hydroxylation sites is 5. The van der Waals surface area contributed by atoms with Crippen molar-refractivity contribution in [2.45, 2.75) is 0 Å². The second kappa shape index (κ2) is 11.1. The molecule has 6 heteroatoms. The molecule has 10 aromatic rings. The summed E-state index contributed by atoms with van der Waals surface area (Å²) < 4.78 is 9.08. The van der Waals surface area contributed by atoms with Crippen LogP contribution < -0.4 is 0 Å². The molecule has 5 aromatic carbocycles. The van der Waals surface area contributed by atoms with Crippen LogP contribution in [0.5, 0.6) is 0 Å². The van der Waals surface area contributed by atoms with Gasteiger partial charge in [-0.15, -0.1) is 0 Å². The van der Waals surface area contributed by atoms with Gasteiger partial charge in [0.05, 0.1) is 22.1 Å². The maximum Gasteiger partial charge on any atom is 0.168 e. The van der Waals surface area contributed by atoms with Crippen LogP contribution in [0.25, 0.3) is 89.5 Å². The average Bonchev–Trinajstić information content (AvgIpc) is 3.90. The third kappa shape index (κ3) is 4.09. The van der Waals surface area contributed by atoms with E-state index >= 15 is 0 Å². The van der Waals surface area contributed by atoms with Crippen LogP contribution in [0.1, 0.15) is 0 Å². The molecule has 0 atom stereocenters. The van der Waals surface area contributed by atoms with Crippen molar-refractivity contribution in [1.82, 2.24) is 28.2 Å². The first-order chi connectivity index (χ1) is 24.8. The van der Waals surface area contributed by atoms with Crippen molar-refractivity contribution in [3.8, 4) is 17.3 Å². The Labute approximate surface area is 287 Å². The van der Waals surface area contributed by atoms with Crippen molar-refractivity contribution >= 4 is 72.1 Å². The number of fused-ring (bicyclic) bond motifs is 8. The van der Waals surface area contributed by atoms with E-state index in [9.17, 15) is 0 Å². The van der Waals surface area contributed by atoms with Crippen molar-refractivity contribution < 1.29 is 0 Å². The molecule has 0 spiro atoms. The van der Waals surface area contributed by atoms with E-state index in [0.717, 1.165) is 83.3 Å². The van der Waals surface area contributed by atoms with Crippen LogP contribution in [0.2, 0.25) is 0 Å². The summed E-state index contributed by atoms with van der Waals surface area (Å²) in [5.74, 6) is 1.99. The molecule has 10 rings (SSSR count). The molecule has 6 nitrogen and oxygen atoms in total. The van der Waals surface area contributed by atoms with Crippen molar-refractivity contribution in [3.05, 3.63) is 170 Å². The van der Waals surface area contributed by atoms with Crippen LogP contribution in [0.15, 0.2) is 170 Å². The van der Waals surface area contributed by atoms with Crippen molar-refractivity contribution in [1.29, 1.82) is 0 Å². The molecule has 0 fully saturated rings. The first-order valence-electron chi connectivity index (χ1n) is 16.7. The zero-order chi connectivity index (χ0) is 33.2. The van der Waals surface area contributed by atoms with Gasteiger partial charge in [-0.1, -0.05) is 116 Å². The zero-order valence-electron chi connectivity index (χ0n) is 27.1. The summed E-state index contributed by atoms with van der Waals surface area (Å²) >= 11 is 0. The van der Waals surface area contributed by atoms with Gasteiger partial charge in [-0.25, -0.2) is 9.97 Å². The monoisotopic (exact) mass is 642 g/mol. The smallest absolute Gasteiger partial charge is 0.168 e. The Morgan fingerprint density at radius 1 is 0.460 bits per heavy atom. The van der Waals surface area contributed by atoms with Crippen LogP contribution in [-0.4, -0.2) is 28.2 Å². The van der Waals surface area contributed by atoms with Crippen molar-refractivity contribution in [2.75, 3.05) is 0 Å². The van der Waals surface area contributed by atoms with Gasteiger partial charge < -0.3 is 4.57 Å². The van der Waals surface area contributed by atoms with Crippen molar-refractivity contribution in [2.24, 2.45) is 0 Å². The average molecular weight is 643 g/mol. The maximum absolute atomic E-state index is 5.62. The number of benzene rings is 5. The van der Waals surface area contributed by atoms with Gasteiger partial charge >= 0.3 is 0 Å². The van der Waals surface area contributed by atoms with E-state index in [2.05, 4.69) is 171 Å². The van der Waals surface area contributed by atoms with Crippen LogP contribution in [0, 0.1) is 0 Å². The number of hydrogen-bond acceptors (Lipinski definition) is 2. The summed E-state index contributed by atoms with van der Waals surface area (Å²) in [5.41, 5.74) is 8.75. The first-order valence-corrected chi connectivity index (χ1v) is 16.7. The molecule has 0 aliphatic rings. The fraction of sp³-hybridized carbons (Fsp3) is 0. The fourth-order valence-corrected chi connectivity index (χ4v) is 7.44. The summed E-state index contributed by atoms with van der Waals surface area (Å²) in [5, 5.41) is 4.41. The molecule has 0 saturated heterocycles. The van der Waals surface area contributed by atoms with Crippen LogP contribution in [0.4, 0.5) is 0 Å². The second-order valence-electron chi connectivity index (χ2n) is 12.4. The maximum atomic E-state index is 5.62. The van der Waals surface area contributed by atoms with Gasteiger partial charge in [0.15, 0.2) is 11.3 Å². The van der Waals surface area contributed by atoms with E-state index in [-0.39, 0.29) is 0 Å². The molecule has 0 amide bonds. The summed E-state index contributed by atoms with van der Waals surface area (Å²) in [6.07, 6.45) is 9.83. The third-order valence-corrected chi connectivity index (χ3v) is 9.57. The van der Waals surface area contributed by atoms with Gasteiger partial charge in [0.25, 0.3) is 0 Å². The highest BCUT2D eigenvalue weighted by Crippen LogP contribution is 2.38. The normalized spacial score (nSPS) is 12.3. The van der Waals surface area contributed by atoms with Crippen LogP contribution in [0.3, 0.4) is 0 Å². The van der Waals surface area contributed by atoms with Crippen LogP contribution in [-0.2, 0) is 0 Å². The molecule has 0 N–H and O–H groups in total. The quantitative estimate of drug-likeness (QED) is 0.169. The molecular formula is C44H30N6. The van der Waals surface area contributed by atoms with E-state index in [1.54, 1.807) is 6.08 Å². The molecule has 0 aliphatic heterocycles. The first kappa shape index (κ1) is 28.1. The summed E-state index contributed by atoms with van der Waals surface area (Å²) in [6.45, 7) is 3.83. The summed E-state index contributed by atoms with van der Waals surface area (Å²) in [7, 11) is 0. The lowest BCUT2D eigenvalue weighted by molar-refractivity contribution is 0.982. The molecule has 0 radical (unpaired) electrons. The Morgan fingerprint density at radius 3 is 1.68 bits per heavy atom. The molecular weight excluding hydrogens is 613 g/mol. The SMILES string of the molecule is C=C/C=C\C=C/n1c(-n2c3ccccc3c3nc4c5ccccc5n(-c5cc6ccccc6n5-c5ccccc5)c4nc32)cc2ccccc21. The lowest BCUT2D eigenvalue weighted by atomic mass is 10.2. The molecule has 236 valence electrons. The molecule has 0 bridgehead atoms. The Kier molecular flexibility index (Phi) is 6.23. The highest BCUT2D eigenvalue weighted by molar-refractivity contribution is 6.13. The zero-order valence-corrected chi connectivity index (χ0v) is 27.1. The van der Waals surface area contributed by atoms with Crippen molar-refractivity contribution in [3.63, 3.8) is 0 Å². The van der Waals surface area contributed by atoms with E-state index in [0.29, 0.717) is 0 Å². The number of nitrogens with zero attached hydrogens (tertiary/aromatic N) is 6. The molecule has 0 saturated carbocycles. The number of allylic oxidation sites excluding steroid dienone is 4. The number of aromatic nitrogens is 6. The third-order valence-electron chi connectivity index (χ3n) is 9.57. The largest absolute Gasteiger partial charge is 0.302 e. The minimum absolute atomic E-state index is 0.796. The highest BCUT2D eigenvalue weighted by Gasteiger charge is 2.24. The number of rotatable bonds is 6. The standard InChI is InChI=1S/C44H30N6/c1-2-3-4-16-27-47-35-23-12-8-17-30(35)28-39(47)49-37-25-14-10-21-33(37)41-43(49)46-44-42(45-41)34-22-11-15-26-38(34)50(44)40-29-31-18-9-13-24-36(31)48(40)32-19-6-5-7-20-32/h2-29H,1H2/b4-3-,27-16-. The minimum Gasteiger partial charge on any atom is -0.302 e. The van der Waals surface area contributed by atoms with Gasteiger partial charge in [0.2, 0.25) is 0 Å². The topological polar surface area (TPSA) is 45.5 Å².